The van der Waals surface area contributed by atoms with Gasteiger partial charge < -0.3 is 21.1 Å². The summed E-state index contributed by atoms with van der Waals surface area (Å²) in [6.45, 7) is -0.174. The predicted octanol–water partition coefficient (Wildman–Crippen LogP) is 2.85. The number of benzene rings is 2. The maximum atomic E-state index is 11.5. The molecule has 2 aromatic rings. The molecule has 0 unspecified atom stereocenters. The van der Waals surface area contributed by atoms with Crippen molar-refractivity contribution in [1.29, 1.82) is 0 Å². The first-order valence-electron chi connectivity index (χ1n) is 6.39. The second kappa shape index (κ2) is 7.46. The number of amides is 3. The molecule has 0 aromatic heterocycles. The fourth-order valence-electron chi connectivity index (χ4n) is 1.62. The Morgan fingerprint density at radius 1 is 1.00 bits per heavy atom. The summed E-state index contributed by atoms with van der Waals surface area (Å²) in [5.41, 5.74) is 5.48. The first-order valence-corrected chi connectivity index (χ1v) is 7.19. The minimum atomic E-state index is -0.742. The van der Waals surface area contributed by atoms with Gasteiger partial charge in [0.05, 0.1) is 6.54 Å². The van der Waals surface area contributed by atoms with E-state index in [0.29, 0.717) is 17.2 Å². The molecule has 4 N–H and O–H groups in total. The average molecular weight is 364 g/mol. The molecule has 0 aliphatic heterocycles. The fourth-order valence-corrected chi connectivity index (χ4v) is 1.88. The number of nitrogens with two attached hydrogens (primary N) is 1. The Morgan fingerprint density at radius 2 is 1.55 bits per heavy atom. The third-order valence-electron chi connectivity index (χ3n) is 2.61. The van der Waals surface area contributed by atoms with Crippen LogP contribution in [-0.4, -0.2) is 18.5 Å². The van der Waals surface area contributed by atoms with Gasteiger partial charge in [-0.25, -0.2) is 4.79 Å². The highest BCUT2D eigenvalue weighted by Crippen LogP contribution is 2.24. The van der Waals surface area contributed by atoms with Crippen molar-refractivity contribution in [3.63, 3.8) is 0 Å². The number of primary amides is 1. The van der Waals surface area contributed by atoms with E-state index in [4.69, 9.17) is 10.5 Å². The van der Waals surface area contributed by atoms with Crippen LogP contribution in [0.5, 0.6) is 11.5 Å². The number of hydrogen-bond acceptors (Lipinski definition) is 3. The van der Waals surface area contributed by atoms with Crippen LogP contribution in [0.25, 0.3) is 0 Å². The summed E-state index contributed by atoms with van der Waals surface area (Å²) in [5.74, 6) is 1.00. The Kier molecular flexibility index (Phi) is 5.37. The van der Waals surface area contributed by atoms with Crippen LogP contribution >= 0.6 is 15.9 Å². The molecule has 0 fully saturated rings. The van der Waals surface area contributed by atoms with E-state index in [-0.39, 0.29) is 12.5 Å². The van der Waals surface area contributed by atoms with E-state index in [1.54, 1.807) is 24.3 Å². The standard InChI is InChI=1S/C15H14BrN3O3/c16-10-1-5-12(6-2-10)22-13-7-3-11(4-8-13)19-14(20)9-18-15(17)21/h1-8H,9H2,(H,19,20)(H3,17,18,21). The highest BCUT2D eigenvalue weighted by molar-refractivity contribution is 9.10. The first kappa shape index (κ1) is 15.8. The zero-order chi connectivity index (χ0) is 15.9. The van der Waals surface area contributed by atoms with Crippen molar-refractivity contribution in [2.75, 3.05) is 11.9 Å². The van der Waals surface area contributed by atoms with Gasteiger partial charge in [-0.1, -0.05) is 15.9 Å². The van der Waals surface area contributed by atoms with Crippen LogP contribution in [0.3, 0.4) is 0 Å². The number of carbonyl (C=O) groups is 2. The molecule has 7 heteroatoms. The van der Waals surface area contributed by atoms with Gasteiger partial charge in [0.1, 0.15) is 11.5 Å². The molecule has 22 heavy (non-hydrogen) atoms. The average Bonchev–Trinajstić information content (AvgIpc) is 2.49. The highest BCUT2D eigenvalue weighted by atomic mass is 79.9. The van der Waals surface area contributed by atoms with E-state index in [9.17, 15) is 9.59 Å². The van der Waals surface area contributed by atoms with Gasteiger partial charge in [0, 0.05) is 10.2 Å². The molecule has 3 amide bonds. The first-order chi connectivity index (χ1) is 10.5. The lowest BCUT2D eigenvalue weighted by molar-refractivity contribution is -0.115. The van der Waals surface area contributed by atoms with E-state index >= 15 is 0 Å². The number of rotatable bonds is 5. The SMILES string of the molecule is NC(=O)NCC(=O)Nc1ccc(Oc2ccc(Br)cc2)cc1. The van der Waals surface area contributed by atoms with Crippen LogP contribution in [0.4, 0.5) is 10.5 Å². The van der Waals surface area contributed by atoms with Crippen LogP contribution in [0.15, 0.2) is 53.0 Å². The van der Waals surface area contributed by atoms with Crippen LogP contribution in [0.1, 0.15) is 0 Å². The van der Waals surface area contributed by atoms with E-state index in [1.807, 2.05) is 24.3 Å². The predicted molar refractivity (Wildman–Crippen MR) is 86.9 cm³/mol. The smallest absolute Gasteiger partial charge is 0.312 e. The van der Waals surface area contributed by atoms with E-state index < -0.39 is 6.03 Å². The van der Waals surface area contributed by atoms with Crippen molar-refractivity contribution in [3.05, 3.63) is 53.0 Å². The molecule has 114 valence electrons. The Balaban J connectivity index is 1.91. The molecule has 0 radical (unpaired) electrons. The number of hydrogen-bond donors (Lipinski definition) is 3. The largest absolute Gasteiger partial charge is 0.457 e. The van der Waals surface area contributed by atoms with Crippen LogP contribution in [0, 0.1) is 0 Å². The molecule has 6 nitrogen and oxygen atoms in total. The summed E-state index contributed by atoms with van der Waals surface area (Å²) < 4.78 is 6.64. The third kappa shape index (κ3) is 5.10. The summed E-state index contributed by atoms with van der Waals surface area (Å²) in [7, 11) is 0. The quantitative estimate of drug-likeness (QED) is 0.762. The van der Waals surface area contributed by atoms with Crippen LogP contribution in [-0.2, 0) is 4.79 Å². The number of carbonyl (C=O) groups excluding carboxylic acids is 2. The van der Waals surface area contributed by atoms with Crippen LogP contribution in [0.2, 0.25) is 0 Å². The van der Waals surface area contributed by atoms with E-state index in [1.165, 1.54) is 0 Å². The van der Waals surface area contributed by atoms with Gasteiger partial charge in [0.25, 0.3) is 0 Å². The Bertz CT molecular complexity index is 657. The summed E-state index contributed by atoms with van der Waals surface area (Å²) in [6.07, 6.45) is 0. The van der Waals surface area contributed by atoms with Gasteiger partial charge in [-0.15, -0.1) is 0 Å². The normalized spacial score (nSPS) is 9.86. The topological polar surface area (TPSA) is 93.5 Å². The second-order valence-electron chi connectivity index (χ2n) is 4.35. The van der Waals surface area contributed by atoms with Gasteiger partial charge in [-0.2, -0.15) is 0 Å². The molecule has 0 atom stereocenters. The molecular formula is C15H14BrN3O3. The van der Waals surface area contributed by atoms with E-state index in [0.717, 1.165) is 4.47 Å². The number of urea groups is 1. The molecule has 0 bridgehead atoms. The maximum Gasteiger partial charge on any atom is 0.312 e. The molecule has 0 aliphatic rings. The van der Waals surface area contributed by atoms with Gasteiger partial charge in [-0.3, -0.25) is 4.79 Å². The second-order valence-corrected chi connectivity index (χ2v) is 5.26. The summed E-state index contributed by atoms with van der Waals surface area (Å²) in [6, 6.07) is 13.6. The molecule has 0 saturated carbocycles. The fraction of sp³-hybridized carbons (Fsp3) is 0.0667. The van der Waals surface area contributed by atoms with Crippen LogP contribution < -0.4 is 21.1 Å². The lowest BCUT2D eigenvalue weighted by Crippen LogP contribution is -2.36. The zero-order valence-corrected chi connectivity index (χ0v) is 13.1. The summed E-state index contributed by atoms with van der Waals surface area (Å²) >= 11 is 3.36. The van der Waals surface area contributed by atoms with Crippen molar-refractivity contribution in [1.82, 2.24) is 5.32 Å². The molecule has 0 heterocycles. The Hall–Kier alpha value is -2.54. The molecular weight excluding hydrogens is 350 g/mol. The number of halogens is 1. The molecule has 2 rings (SSSR count). The summed E-state index contributed by atoms with van der Waals surface area (Å²) in [5, 5.41) is 4.84. The Morgan fingerprint density at radius 3 is 2.09 bits per heavy atom. The monoisotopic (exact) mass is 363 g/mol. The van der Waals surface area contributed by atoms with Gasteiger partial charge >= 0.3 is 6.03 Å². The lowest BCUT2D eigenvalue weighted by Gasteiger charge is -2.08. The van der Waals surface area contributed by atoms with Crippen molar-refractivity contribution >= 4 is 33.6 Å². The molecule has 2 aromatic carbocycles. The molecule has 0 spiro atoms. The van der Waals surface area contributed by atoms with Crippen molar-refractivity contribution in [3.8, 4) is 11.5 Å². The minimum Gasteiger partial charge on any atom is -0.457 e. The lowest BCUT2D eigenvalue weighted by atomic mass is 10.3. The van der Waals surface area contributed by atoms with Crippen molar-refractivity contribution in [2.45, 2.75) is 0 Å². The number of ether oxygens (including phenoxy) is 1. The Labute approximate surface area is 135 Å². The van der Waals surface area contributed by atoms with Gasteiger partial charge in [0.15, 0.2) is 0 Å². The number of nitrogens with one attached hydrogen (secondary N) is 2. The van der Waals surface area contributed by atoms with E-state index in [2.05, 4.69) is 26.6 Å². The zero-order valence-electron chi connectivity index (χ0n) is 11.5. The minimum absolute atomic E-state index is 0.174. The molecule has 0 aliphatic carbocycles. The third-order valence-corrected chi connectivity index (χ3v) is 3.14. The maximum absolute atomic E-state index is 11.5. The van der Waals surface area contributed by atoms with Crippen molar-refractivity contribution in [2.24, 2.45) is 5.73 Å². The van der Waals surface area contributed by atoms with Gasteiger partial charge in [0.2, 0.25) is 5.91 Å². The van der Waals surface area contributed by atoms with Gasteiger partial charge in [-0.05, 0) is 48.5 Å². The number of anilines is 1. The molecule has 0 saturated heterocycles. The highest BCUT2D eigenvalue weighted by Gasteiger charge is 2.04. The summed E-state index contributed by atoms with van der Waals surface area (Å²) in [4.78, 5) is 22.0. The van der Waals surface area contributed by atoms with Crippen molar-refractivity contribution < 1.29 is 14.3 Å².